The number of carbonyl (C=O) groups excluding carboxylic acids is 1. The predicted octanol–water partition coefficient (Wildman–Crippen LogP) is 4.27. The Hall–Kier alpha value is -3.03. The van der Waals surface area contributed by atoms with Crippen LogP contribution in [0.2, 0.25) is 0 Å². The van der Waals surface area contributed by atoms with Crippen LogP contribution in [0.1, 0.15) is 16.7 Å². The number of nitrogens with one attached hydrogen (secondary N) is 1. The van der Waals surface area contributed by atoms with E-state index in [2.05, 4.69) is 5.32 Å². The van der Waals surface area contributed by atoms with E-state index in [4.69, 9.17) is 0 Å². The molecule has 0 saturated heterocycles. The average Bonchev–Trinajstić information content (AvgIpc) is 2.73. The van der Waals surface area contributed by atoms with E-state index in [1.165, 1.54) is 36.4 Å². The van der Waals surface area contributed by atoms with Crippen LogP contribution in [0, 0.1) is 19.7 Å². The van der Waals surface area contributed by atoms with Crippen LogP contribution in [0.3, 0.4) is 0 Å². The van der Waals surface area contributed by atoms with Crippen LogP contribution in [-0.2, 0) is 21.4 Å². The van der Waals surface area contributed by atoms with Crippen molar-refractivity contribution in [1.82, 2.24) is 4.31 Å². The van der Waals surface area contributed by atoms with Gasteiger partial charge in [-0.3, -0.25) is 4.79 Å². The Morgan fingerprint density at radius 3 is 2.27 bits per heavy atom. The summed E-state index contributed by atoms with van der Waals surface area (Å²) in [6.07, 6.45) is 0. The average molecular weight is 427 g/mol. The maximum absolute atomic E-state index is 13.2. The van der Waals surface area contributed by atoms with Crippen molar-refractivity contribution in [3.63, 3.8) is 0 Å². The van der Waals surface area contributed by atoms with Gasteiger partial charge < -0.3 is 5.32 Å². The summed E-state index contributed by atoms with van der Waals surface area (Å²) < 4.78 is 40.7. The Bertz CT molecular complexity index is 1130. The lowest BCUT2D eigenvalue weighted by atomic mass is 10.1. The standard InChI is InChI=1S/C23H23FN2O3S/c1-17-7-6-10-22(18(17)2)25-23(27)16-26(15-19-11-13-20(24)14-12-19)30(28,29)21-8-4-3-5-9-21/h3-14H,15-16H2,1-2H3,(H,25,27). The summed E-state index contributed by atoms with van der Waals surface area (Å²) in [7, 11) is -3.94. The molecule has 0 radical (unpaired) electrons. The summed E-state index contributed by atoms with van der Waals surface area (Å²) in [5.74, 6) is -0.866. The number of carbonyl (C=O) groups is 1. The maximum atomic E-state index is 13.2. The molecule has 3 rings (SSSR count). The van der Waals surface area contributed by atoms with Gasteiger partial charge in [-0.05, 0) is 60.9 Å². The molecule has 156 valence electrons. The summed E-state index contributed by atoms with van der Waals surface area (Å²) in [4.78, 5) is 12.8. The predicted molar refractivity (Wildman–Crippen MR) is 115 cm³/mol. The Morgan fingerprint density at radius 1 is 0.933 bits per heavy atom. The number of nitrogens with zero attached hydrogens (tertiary/aromatic N) is 1. The minimum atomic E-state index is -3.94. The quantitative estimate of drug-likeness (QED) is 0.614. The molecule has 0 aliphatic carbocycles. The number of anilines is 1. The molecule has 0 saturated carbocycles. The number of halogens is 1. The highest BCUT2D eigenvalue weighted by molar-refractivity contribution is 7.89. The minimum Gasteiger partial charge on any atom is -0.325 e. The first-order valence-corrected chi connectivity index (χ1v) is 10.9. The van der Waals surface area contributed by atoms with Crippen molar-refractivity contribution in [2.24, 2.45) is 0 Å². The van der Waals surface area contributed by atoms with Gasteiger partial charge in [0.2, 0.25) is 15.9 Å². The summed E-state index contributed by atoms with van der Waals surface area (Å²) in [5.41, 5.74) is 3.16. The second kappa shape index (κ2) is 9.19. The van der Waals surface area contributed by atoms with Crippen LogP contribution in [-0.4, -0.2) is 25.2 Å². The van der Waals surface area contributed by atoms with E-state index in [9.17, 15) is 17.6 Å². The summed E-state index contributed by atoms with van der Waals surface area (Å²) in [5, 5.41) is 2.79. The monoisotopic (exact) mass is 426 g/mol. The van der Waals surface area contributed by atoms with E-state index >= 15 is 0 Å². The summed E-state index contributed by atoms with van der Waals surface area (Å²) in [6.45, 7) is 3.40. The molecule has 1 N–H and O–H groups in total. The van der Waals surface area contributed by atoms with Gasteiger partial charge >= 0.3 is 0 Å². The Morgan fingerprint density at radius 2 is 1.60 bits per heavy atom. The van der Waals surface area contributed by atoms with Crippen molar-refractivity contribution >= 4 is 21.6 Å². The molecule has 3 aromatic carbocycles. The molecule has 0 atom stereocenters. The third-order valence-electron chi connectivity index (χ3n) is 4.85. The van der Waals surface area contributed by atoms with Crippen LogP contribution in [0.4, 0.5) is 10.1 Å². The molecule has 0 aliphatic rings. The lowest BCUT2D eigenvalue weighted by molar-refractivity contribution is -0.116. The molecule has 0 spiro atoms. The first-order valence-electron chi connectivity index (χ1n) is 9.43. The zero-order valence-electron chi connectivity index (χ0n) is 16.8. The molecule has 0 aliphatic heterocycles. The maximum Gasteiger partial charge on any atom is 0.243 e. The van der Waals surface area contributed by atoms with Gasteiger partial charge in [0.25, 0.3) is 0 Å². The van der Waals surface area contributed by atoms with Gasteiger partial charge in [0.15, 0.2) is 0 Å². The molecular weight excluding hydrogens is 403 g/mol. The summed E-state index contributed by atoms with van der Waals surface area (Å²) in [6, 6.07) is 19.0. The van der Waals surface area contributed by atoms with Crippen LogP contribution in [0.25, 0.3) is 0 Å². The number of aryl methyl sites for hydroxylation is 1. The van der Waals surface area contributed by atoms with Gasteiger partial charge in [-0.15, -0.1) is 0 Å². The molecule has 30 heavy (non-hydrogen) atoms. The highest BCUT2D eigenvalue weighted by atomic mass is 32.2. The van der Waals surface area contributed by atoms with Crippen LogP contribution >= 0.6 is 0 Å². The second-order valence-electron chi connectivity index (χ2n) is 7.01. The van der Waals surface area contributed by atoms with Crippen molar-refractivity contribution in [3.8, 4) is 0 Å². The number of rotatable bonds is 7. The molecule has 0 unspecified atom stereocenters. The van der Waals surface area contributed by atoms with Gasteiger partial charge in [0, 0.05) is 12.2 Å². The number of hydrogen-bond acceptors (Lipinski definition) is 3. The fraction of sp³-hybridized carbons (Fsp3) is 0.174. The van der Waals surface area contributed by atoms with Crippen molar-refractivity contribution in [2.75, 3.05) is 11.9 Å². The Balaban J connectivity index is 1.87. The van der Waals surface area contributed by atoms with Gasteiger partial charge in [0.1, 0.15) is 5.82 Å². The summed E-state index contributed by atoms with van der Waals surface area (Å²) >= 11 is 0. The molecule has 0 aromatic heterocycles. The van der Waals surface area contributed by atoms with Crippen LogP contribution < -0.4 is 5.32 Å². The van der Waals surface area contributed by atoms with Crippen molar-refractivity contribution in [3.05, 3.63) is 95.3 Å². The normalized spacial score (nSPS) is 11.5. The highest BCUT2D eigenvalue weighted by Crippen LogP contribution is 2.21. The fourth-order valence-corrected chi connectivity index (χ4v) is 4.40. The Kier molecular flexibility index (Phi) is 6.64. The molecule has 7 heteroatoms. The third kappa shape index (κ3) is 5.11. The number of sulfonamides is 1. The van der Waals surface area contributed by atoms with E-state index in [1.54, 1.807) is 24.3 Å². The van der Waals surface area contributed by atoms with Crippen molar-refractivity contribution < 1.29 is 17.6 Å². The molecular formula is C23H23FN2O3S. The molecule has 3 aromatic rings. The largest absolute Gasteiger partial charge is 0.325 e. The molecule has 5 nitrogen and oxygen atoms in total. The second-order valence-corrected chi connectivity index (χ2v) is 8.95. The molecule has 0 bridgehead atoms. The van der Waals surface area contributed by atoms with Gasteiger partial charge in [-0.25, -0.2) is 12.8 Å². The zero-order valence-corrected chi connectivity index (χ0v) is 17.6. The first kappa shape index (κ1) is 21.7. The van der Waals surface area contributed by atoms with E-state index in [0.29, 0.717) is 11.3 Å². The van der Waals surface area contributed by atoms with E-state index in [0.717, 1.165) is 15.4 Å². The van der Waals surface area contributed by atoms with E-state index in [1.807, 2.05) is 26.0 Å². The number of benzene rings is 3. The topological polar surface area (TPSA) is 66.5 Å². The molecule has 0 fully saturated rings. The van der Waals surface area contributed by atoms with Gasteiger partial charge in [-0.2, -0.15) is 4.31 Å². The van der Waals surface area contributed by atoms with Gasteiger partial charge in [-0.1, -0.05) is 42.5 Å². The van der Waals surface area contributed by atoms with Crippen LogP contribution in [0.5, 0.6) is 0 Å². The Labute approximate surface area is 176 Å². The SMILES string of the molecule is Cc1cccc(NC(=O)CN(Cc2ccc(F)cc2)S(=O)(=O)c2ccccc2)c1C. The third-order valence-corrected chi connectivity index (χ3v) is 6.66. The molecule has 1 amide bonds. The lowest BCUT2D eigenvalue weighted by Gasteiger charge is -2.22. The first-order chi connectivity index (χ1) is 14.3. The van der Waals surface area contributed by atoms with Gasteiger partial charge in [0.05, 0.1) is 11.4 Å². The van der Waals surface area contributed by atoms with Crippen molar-refractivity contribution in [1.29, 1.82) is 0 Å². The number of amides is 1. The van der Waals surface area contributed by atoms with E-state index in [-0.39, 0.29) is 18.0 Å². The van der Waals surface area contributed by atoms with Crippen LogP contribution in [0.15, 0.2) is 77.7 Å². The smallest absolute Gasteiger partial charge is 0.243 e. The molecule has 0 heterocycles. The van der Waals surface area contributed by atoms with E-state index < -0.39 is 21.7 Å². The fourth-order valence-electron chi connectivity index (χ4n) is 3.00. The highest BCUT2D eigenvalue weighted by Gasteiger charge is 2.27. The minimum absolute atomic E-state index is 0.0578. The zero-order chi connectivity index (χ0) is 21.7. The van der Waals surface area contributed by atoms with Crippen molar-refractivity contribution in [2.45, 2.75) is 25.3 Å². The number of hydrogen-bond donors (Lipinski definition) is 1. The lowest BCUT2D eigenvalue weighted by Crippen LogP contribution is -2.37.